The van der Waals surface area contributed by atoms with Crippen molar-refractivity contribution in [2.24, 2.45) is 0 Å². The van der Waals surface area contributed by atoms with Crippen LogP contribution in [0.4, 0.5) is 0 Å². The number of ether oxygens (including phenoxy) is 2. The minimum absolute atomic E-state index is 0.0726. The van der Waals surface area contributed by atoms with Crippen LogP contribution in [0.15, 0.2) is 60.7 Å². The van der Waals surface area contributed by atoms with E-state index in [0.29, 0.717) is 27.6 Å². The van der Waals surface area contributed by atoms with Crippen molar-refractivity contribution < 1.29 is 24.5 Å². The fourth-order valence-electron chi connectivity index (χ4n) is 2.91. The molecule has 144 valence electrons. The number of benzene rings is 3. The van der Waals surface area contributed by atoms with Crippen LogP contribution in [0.5, 0.6) is 11.5 Å². The van der Waals surface area contributed by atoms with Crippen molar-refractivity contribution in [1.82, 2.24) is 0 Å². The van der Waals surface area contributed by atoms with Crippen LogP contribution in [0.1, 0.15) is 10.4 Å². The molecule has 0 aliphatic heterocycles. The predicted octanol–water partition coefficient (Wildman–Crippen LogP) is 4.75. The fraction of sp³-hybridized carbons (Fsp3) is 0.136. The smallest absolute Gasteiger partial charge is 0.335 e. The number of hydrogen-bond acceptors (Lipinski definition) is 4. The summed E-state index contributed by atoms with van der Waals surface area (Å²) in [6.45, 7) is -0.0964. The summed E-state index contributed by atoms with van der Waals surface area (Å²) >= 11 is 6.13. The molecular formula is C22H19ClO5. The van der Waals surface area contributed by atoms with Crippen LogP contribution in [0, 0.1) is 0 Å². The van der Waals surface area contributed by atoms with Crippen LogP contribution in [0.3, 0.4) is 0 Å². The summed E-state index contributed by atoms with van der Waals surface area (Å²) < 4.78 is 11.0. The topological polar surface area (TPSA) is 76.0 Å². The number of aliphatic hydroxyl groups is 1. The van der Waals surface area contributed by atoms with Crippen molar-refractivity contribution >= 4 is 17.6 Å². The first-order chi connectivity index (χ1) is 13.5. The molecule has 0 aromatic heterocycles. The SMILES string of the molecule is COc1ccc(-c2cc(C(=O)O)cc(-c3cccc(Cl)c3)c2OCCO)cc1. The summed E-state index contributed by atoms with van der Waals surface area (Å²) in [6, 6.07) is 17.4. The molecule has 0 amide bonds. The lowest BCUT2D eigenvalue weighted by Crippen LogP contribution is -2.06. The Morgan fingerprint density at radius 3 is 2.25 bits per heavy atom. The number of carboxylic acid groups (broad SMARTS) is 1. The van der Waals surface area contributed by atoms with Gasteiger partial charge in [0.25, 0.3) is 0 Å². The van der Waals surface area contributed by atoms with Crippen LogP contribution < -0.4 is 9.47 Å². The van der Waals surface area contributed by atoms with E-state index in [1.54, 1.807) is 49.6 Å². The highest BCUT2D eigenvalue weighted by molar-refractivity contribution is 6.30. The van der Waals surface area contributed by atoms with Crippen LogP contribution in [0.25, 0.3) is 22.3 Å². The average molecular weight is 399 g/mol. The van der Waals surface area contributed by atoms with E-state index in [1.165, 1.54) is 0 Å². The lowest BCUT2D eigenvalue weighted by Gasteiger charge is -2.18. The fourth-order valence-corrected chi connectivity index (χ4v) is 3.10. The number of methoxy groups -OCH3 is 1. The van der Waals surface area contributed by atoms with E-state index in [9.17, 15) is 15.0 Å². The normalized spacial score (nSPS) is 10.5. The lowest BCUT2D eigenvalue weighted by molar-refractivity contribution is 0.0697. The highest BCUT2D eigenvalue weighted by Crippen LogP contribution is 2.41. The summed E-state index contributed by atoms with van der Waals surface area (Å²) in [4.78, 5) is 11.7. The quantitative estimate of drug-likeness (QED) is 0.600. The average Bonchev–Trinajstić information content (AvgIpc) is 2.71. The van der Waals surface area contributed by atoms with Crippen molar-refractivity contribution in [3.8, 4) is 33.8 Å². The third-order valence-corrected chi connectivity index (χ3v) is 4.45. The molecule has 2 N–H and O–H groups in total. The Hall–Kier alpha value is -3.02. The summed E-state index contributed by atoms with van der Waals surface area (Å²) in [5.41, 5.74) is 2.79. The molecule has 0 spiro atoms. The Bertz CT molecular complexity index is 983. The Kier molecular flexibility index (Phi) is 6.19. The molecule has 0 aliphatic carbocycles. The molecule has 0 radical (unpaired) electrons. The monoisotopic (exact) mass is 398 g/mol. The summed E-state index contributed by atoms with van der Waals surface area (Å²) in [7, 11) is 1.58. The number of carbonyl (C=O) groups is 1. The summed E-state index contributed by atoms with van der Waals surface area (Å²) in [5.74, 6) is 0.115. The molecule has 0 heterocycles. The summed E-state index contributed by atoms with van der Waals surface area (Å²) in [5, 5.41) is 19.4. The maximum absolute atomic E-state index is 11.7. The first kappa shape index (κ1) is 19.7. The Balaban J connectivity index is 2.27. The van der Waals surface area contributed by atoms with Gasteiger partial charge in [-0.15, -0.1) is 0 Å². The molecule has 3 aromatic rings. The maximum Gasteiger partial charge on any atom is 0.335 e. The zero-order valence-electron chi connectivity index (χ0n) is 15.2. The molecule has 0 bridgehead atoms. The standard InChI is InChI=1S/C22H19ClO5/c1-27-18-7-5-14(6-8-18)19-12-16(22(25)26)13-20(21(19)28-10-9-24)15-3-2-4-17(23)11-15/h2-8,11-13,24H,9-10H2,1H3,(H,25,26). The first-order valence-electron chi connectivity index (χ1n) is 8.59. The van der Waals surface area contributed by atoms with Gasteiger partial charge in [0, 0.05) is 16.1 Å². The van der Waals surface area contributed by atoms with Gasteiger partial charge in [-0.2, -0.15) is 0 Å². The number of carboxylic acids is 1. The summed E-state index contributed by atoms with van der Waals surface area (Å²) in [6.07, 6.45) is 0. The number of halogens is 1. The van der Waals surface area contributed by atoms with Crippen molar-refractivity contribution in [1.29, 1.82) is 0 Å². The molecule has 0 saturated heterocycles. The second-order valence-electron chi connectivity index (χ2n) is 6.02. The highest BCUT2D eigenvalue weighted by Gasteiger charge is 2.18. The molecule has 0 fully saturated rings. The van der Waals surface area contributed by atoms with Gasteiger partial charge in [-0.1, -0.05) is 35.9 Å². The Morgan fingerprint density at radius 2 is 1.68 bits per heavy atom. The van der Waals surface area contributed by atoms with Crippen molar-refractivity contribution in [3.63, 3.8) is 0 Å². The van der Waals surface area contributed by atoms with Gasteiger partial charge in [0.2, 0.25) is 0 Å². The molecule has 0 saturated carbocycles. The molecule has 5 nitrogen and oxygen atoms in total. The molecule has 0 aliphatic rings. The van der Waals surface area contributed by atoms with E-state index in [-0.39, 0.29) is 18.8 Å². The minimum atomic E-state index is -1.05. The van der Waals surface area contributed by atoms with E-state index < -0.39 is 5.97 Å². The number of rotatable bonds is 7. The van der Waals surface area contributed by atoms with E-state index in [0.717, 1.165) is 11.1 Å². The van der Waals surface area contributed by atoms with E-state index >= 15 is 0 Å². The minimum Gasteiger partial charge on any atom is -0.497 e. The van der Waals surface area contributed by atoms with Crippen molar-refractivity contribution in [3.05, 3.63) is 71.2 Å². The lowest BCUT2D eigenvalue weighted by atomic mass is 9.94. The van der Waals surface area contributed by atoms with Gasteiger partial charge in [0.15, 0.2) is 0 Å². The molecule has 3 aromatic carbocycles. The van der Waals surface area contributed by atoms with Crippen molar-refractivity contribution in [2.75, 3.05) is 20.3 Å². The number of aromatic carboxylic acids is 1. The largest absolute Gasteiger partial charge is 0.497 e. The molecule has 0 unspecified atom stereocenters. The molecule has 28 heavy (non-hydrogen) atoms. The van der Waals surface area contributed by atoms with Gasteiger partial charge < -0.3 is 19.7 Å². The van der Waals surface area contributed by atoms with Gasteiger partial charge in [0.05, 0.1) is 19.3 Å². The Morgan fingerprint density at radius 1 is 1.00 bits per heavy atom. The third kappa shape index (κ3) is 4.27. The van der Waals surface area contributed by atoms with Crippen LogP contribution in [-0.2, 0) is 0 Å². The van der Waals surface area contributed by atoms with Gasteiger partial charge >= 0.3 is 5.97 Å². The van der Waals surface area contributed by atoms with E-state index in [1.807, 2.05) is 18.2 Å². The van der Waals surface area contributed by atoms with E-state index in [2.05, 4.69) is 0 Å². The highest BCUT2D eigenvalue weighted by atomic mass is 35.5. The second-order valence-corrected chi connectivity index (χ2v) is 6.45. The van der Waals surface area contributed by atoms with Gasteiger partial charge in [-0.05, 0) is 47.5 Å². The van der Waals surface area contributed by atoms with Gasteiger partial charge in [0.1, 0.15) is 18.1 Å². The maximum atomic E-state index is 11.7. The second kappa shape index (κ2) is 8.78. The number of aliphatic hydroxyl groups excluding tert-OH is 1. The van der Waals surface area contributed by atoms with Crippen molar-refractivity contribution in [2.45, 2.75) is 0 Å². The van der Waals surface area contributed by atoms with Crippen LogP contribution >= 0.6 is 11.6 Å². The number of hydrogen-bond donors (Lipinski definition) is 2. The molecule has 6 heteroatoms. The van der Waals surface area contributed by atoms with Crippen LogP contribution in [-0.4, -0.2) is 36.5 Å². The third-order valence-electron chi connectivity index (χ3n) is 4.21. The molecule has 3 rings (SSSR count). The Labute approximate surface area is 167 Å². The predicted molar refractivity (Wildman–Crippen MR) is 108 cm³/mol. The molecular weight excluding hydrogens is 380 g/mol. The zero-order valence-corrected chi connectivity index (χ0v) is 15.9. The van der Waals surface area contributed by atoms with Gasteiger partial charge in [-0.3, -0.25) is 0 Å². The zero-order chi connectivity index (χ0) is 20.1. The van der Waals surface area contributed by atoms with Gasteiger partial charge in [-0.25, -0.2) is 4.79 Å². The van der Waals surface area contributed by atoms with Crippen LogP contribution in [0.2, 0.25) is 5.02 Å². The molecule has 0 atom stereocenters. The first-order valence-corrected chi connectivity index (χ1v) is 8.96. The van der Waals surface area contributed by atoms with E-state index in [4.69, 9.17) is 21.1 Å².